The van der Waals surface area contributed by atoms with Crippen LogP contribution in [0.3, 0.4) is 0 Å². The third-order valence-electron chi connectivity index (χ3n) is 2.70. The number of nitrogens with one attached hydrogen (secondary N) is 1. The topological polar surface area (TPSA) is 35.8 Å². The number of hydrogen-bond acceptors (Lipinski definition) is 2. The highest BCUT2D eigenvalue weighted by molar-refractivity contribution is 6.30. The average molecular weight is 257 g/mol. The molecule has 0 spiro atoms. The number of aryl methyl sites for hydroxylation is 1. The normalized spacial score (nSPS) is 11.6. The van der Waals surface area contributed by atoms with E-state index in [1.807, 2.05) is 43.3 Å². The third-order valence-corrected chi connectivity index (χ3v) is 2.95. The molecule has 0 fully saturated rings. The molecule has 0 amide bonds. The van der Waals surface area contributed by atoms with E-state index in [2.05, 4.69) is 11.4 Å². The lowest BCUT2D eigenvalue weighted by Crippen LogP contribution is -2.08. The van der Waals surface area contributed by atoms with Gasteiger partial charge in [-0.1, -0.05) is 41.4 Å². The second-order valence-corrected chi connectivity index (χ2v) is 4.56. The van der Waals surface area contributed by atoms with Crippen molar-refractivity contribution in [1.82, 2.24) is 0 Å². The first-order chi connectivity index (χ1) is 8.69. The molecule has 0 aliphatic carbocycles. The minimum Gasteiger partial charge on any atom is -0.366 e. The molecule has 3 heteroatoms. The van der Waals surface area contributed by atoms with Gasteiger partial charge in [0, 0.05) is 10.7 Å². The zero-order valence-corrected chi connectivity index (χ0v) is 10.8. The van der Waals surface area contributed by atoms with Crippen LogP contribution in [0.2, 0.25) is 5.02 Å². The molecule has 2 aromatic rings. The number of benzene rings is 2. The largest absolute Gasteiger partial charge is 0.366 e. The highest BCUT2D eigenvalue weighted by atomic mass is 35.5. The zero-order chi connectivity index (χ0) is 13.0. The summed E-state index contributed by atoms with van der Waals surface area (Å²) in [6.45, 7) is 2.03. The summed E-state index contributed by atoms with van der Waals surface area (Å²) in [6.07, 6.45) is 0. The van der Waals surface area contributed by atoms with E-state index < -0.39 is 0 Å². The minimum atomic E-state index is -0.370. The number of hydrogen-bond donors (Lipinski definition) is 1. The van der Waals surface area contributed by atoms with Crippen molar-refractivity contribution in [3.8, 4) is 6.07 Å². The van der Waals surface area contributed by atoms with Gasteiger partial charge in [-0.15, -0.1) is 0 Å². The van der Waals surface area contributed by atoms with Crippen molar-refractivity contribution >= 4 is 17.3 Å². The van der Waals surface area contributed by atoms with E-state index in [0.29, 0.717) is 5.02 Å². The highest BCUT2D eigenvalue weighted by Gasteiger charge is 2.09. The predicted octanol–water partition coefficient (Wildman–Crippen LogP) is 4.33. The summed E-state index contributed by atoms with van der Waals surface area (Å²) in [5.74, 6) is 0. The fourth-order valence-corrected chi connectivity index (χ4v) is 1.79. The van der Waals surface area contributed by atoms with Crippen molar-refractivity contribution < 1.29 is 0 Å². The van der Waals surface area contributed by atoms with Crippen LogP contribution < -0.4 is 5.32 Å². The third kappa shape index (κ3) is 3.03. The molecule has 0 aliphatic heterocycles. The number of nitrogens with zero attached hydrogens (tertiary/aromatic N) is 1. The van der Waals surface area contributed by atoms with Crippen LogP contribution in [0.5, 0.6) is 0 Å². The van der Waals surface area contributed by atoms with Crippen LogP contribution in [-0.4, -0.2) is 0 Å². The summed E-state index contributed by atoms with van der Waals surface area (Å²) in [5, 5.41) is 13.1. The van der Waals surface area contributed by atoms with Crippen LogP contribution in [0.1, 0.15) is 17.2 Å². The summed E-state index contributed by atoms with van der Waals surface area (Å²) < 4.78 is 0. The molecule has 0 heterocycles. The molecule has 0 aromatic heterocycles. The van der Waals surface area contributed by atoms with Crippen LogP contribution in [0.25, 0.3) is 0 Å². The molecule has 0 saturated heterocycles. The van der Waals surface area contributed by atoms with Crippen molar-refractivity contribution in [3.05, 3.63) is 64.7 Å². The van der Waals surface area contributed by atoms with Gasteiger partial charge in [-0.2, -0.15) is 5.26 Å². The van der Waals surface area contributed by atoms with E-state index in [1.165, 1.54) is 5.56 Å². The Morgan fingerprint density at radius 1 is 1.06 bits per heavy atom. The van der Waals surface area contributed by atoms with E-state index >= 15 is 0 Å². The predicted molar refractivity (Wildman–Crippen MR) is 74.6 cm³/mol. The first-order valence-electron chi connectivity index (χ1n) is 5.67. The molecular weight excluding hydrogens is 244 g/mol. The van der Waals surface area contributed by atoms with Crippen LogP contribution in [-0.2, 0) is 0 Å². The summed E-state index contributed by atoms with van der Waals surface area (Å²) in [7, 11) is 0. The molecule has 90 valence electrons. The molecule has 0 bridgehead atoms. The maximum atomic E-state index is 9.22. The monoisotopic (exact) mass is 256 g/mol. The van der Waals surface area contributed by atoms with Gasteiger partial charge in [-0.05, 0) is 36.8 Å². The standard InChI is InChI=1S/C15H13ClN2/c1-11-2-8-14(9-3-11)18-15(10-17)12-4-6-13(16)7-5-12/h2-9,15,18H,1H3. The Morgan fingerprint density at radius 2 is 1.67 bits per heavy atom. The Morgan fingerprint density at radius 3 is 2.22 bits per heavy atom. The van der Waals surface area contributed by atoms with Gasteiger partial charge < -0.3 is 5.32 Å². The Bertz CT molecular complexity index is 553. The van der Waals surface area contributed by atoms with Gasteiger partial charge in [0.1, 0.15) is 6.04 Å². The molecule has 2 nitrogen and oxygen atoms in total. The maximum Gasteiger partial charge on any atom is 0.140 e. The first-order valence-corrected chi connectivity index (χ1v) is 6.05. The van der Waals surface area contributed by atoms with Gasteiger partial charge in [-0.3, -0.25) is 0 Å². The molecule has 2 rings (SSSR count). The molecule has 0 aliphatic rings. The first kappa shape index (κ1) is 12.5. The molecular formula is C15H13ClN2. The van der Waals surface area contributed by atoms with Gasteiger partial charge >= 0.3 is 0 Å². The fourth-order valence-electron chi connectivity index (χ4n) is 1.66. The van der Waals surface area contributed by atoms with Crippen molar-refractivity contribution in [3.63, 3.8) is 0 Å². The van der Waals surface area contributed by atoms with E-state index in [1.54, 1.807) is 12.1 Å². The van der Waals surface area contributed by atoms with Crippen LogP contribution >= 0.6 is 11.6 Å². The molecule has 18 heavy (non-hydrogen) atoms. The molecule has 0 radical (unpaired) electrons. The van der Waals surface area contributed by atoms with Gasteiger partial charge in [0.2, 0.25) is 0 Å². The second kappa shape index (κ2) is 5.57. The Kier molecular flexibility index (Phi) is 3.86. The highest BCUT2D eigenvalue weighted by Crippen LogP contribution is 2.21. The quantitative estimate of drug-likeness (QED) is 0.887. The van der Waals surface area contributed by atoms with Gasteiger partial charge in [0.25, 0.3) is 0 Å². The number of anilines is 1. The minimum absolute atomic E-state index is 0.370. The number of nitriles is 1. The van der Waals surface area contributed by atoms with Crippen LogP contribution in [0, 0.1) is 18.3 Å². The molecule has 1 atom stereocenters. The van der Waals surface area contributed by atoms with Crippen molar-refractivity contribution in [2.24, 2.45) is 0 Å². The summed E-state index contributed by atoms with van der Waals surface area (Å²) in [4.78, 5) is 0. The van der Waals surface area contributed by atoms with Crippen LogP contribution in [0.15, 0.2) is 48.5 Å². The average Bonchev–Trinajstić information content (AvgIpc) is 2.39. The van der Waals surface area contributed by atoms with E-state index in [0.717, 1.165) is 11.3 Å². The Hall–Kier alpha value is -1.98. The Balaban J connectivity index is 2.17. The molecule has 2 aromatic carbocycles. The van der Waals surface area contributed by atoms with E-state index in [-0.39, 0.29) is 6.04 Å². The van der Waals surface area contributed by atoms with Crippen molar-refractivity contribution in [1.29, 1.82) is 5.26 Å². The van der Waals surface area contributed by atoms with Gasteiger partial charge in [0.15, 0.2) is 0 Å². The lowest BCUT2D eigenvalue weighted by Gasteiger charge is -2.13. The number of rotatable bonds is 3. The van der Waals surface area contributed by atoms with Gasteiger partial charge in [0.05, 0.1) is 6.07 Å². The zero-order valence-electron chi connectivity index (χ0n) is 10.0. The summed E-state index contributed by atoms with van der Waals surface area (Å²) in [6, 6.07) is 17.1. The lowest BCUT2D eigenvalue weighted by molar-refractivity contribution is 0.997. The summed E-state index contributed by atoms with van der Waals surface area (Å²) in [5.41, 5.74) is 3.03. The van der Waals surface area contributed by atoms with Gasteiger partial charge in [-0.25, -0.2) is 0 Å². The SMILES string of the molecule is Cc1ccc(NC(C#N)c2ccc(Cl)cc2)cc1. The maximum absolute atomic E-state index is 9.22. The second-order valence-electron chi connectivity index (χ2n) is 4.12. The smallest absolute Gasteiger partial charge is 0.140 e. The molecule has 1 N–H and O–H groups in total. The van der Waals surface area contributed by atoms with Crippen molar-refractivity contribution in [2.45, 2.75) is 13.0 Å². The van der Waals surface area contributed by atoms with E-state index in [4.69, 9.17) is 11.6 Å². The number of halogens is 1. The van der Waals surface area contributed by atoms with E-state index in [9.17, 15) is 5.26 Å². The van der Waals surface area contributed by atoms with Crippen molar-refractivity contribution in [2.75, 3.05) is 5.32 Å². The fraction of sp³-hybridized carbons (Fsp3) is 0.133. The lowest BCUT2D eigenvalue weighted by atomic mass is 10.1. The molecule has 0 saturated carbocycles. The molecule has 1 unspecified atom stereocenters. The Labute approximate surface area is 112 Å². The summed E-state index contributed by atoms with van der Waals surface area (Å²) >= 11 is 5.83. The van der Waals surface area contributed by atoms with Crippen LogP contribution in [0.4, 0.5) is 5.69 Å².